The minimum atomic E-state index is -0.201. The number of nitrogens with one attached hydrogen (secondary N) is 1. The molecule has 11 nitrogen and oxygen atoms in total. The fourth-order valence-corrected chi connectivity index (χ4v) is 3.76. The van der Waals surface area contributed by atoms with Gasteiger partial charge in [0.25, 0.3) is 0 Å². The average Bonchev–Trinajstić information content (AvgIpc) is 3.38. The van der Waals surface area contributed by atoms with Gasteiger partial charge in [-0.1, -0.05) is 0 Å². The highest BCUT2D eigenvalue weighted by Crippen LogP contribution is 2.40. The Bertz CT molecular complexity index is 1050. The SMILES string of the molecule is COc1cc(NC(=O)C2CCCN(c3cc(-n4cncn4)ncn3)C2)cc(OC)c1OC. The van der Waals surface area contributed by atoms with Crippen molar-refractivity contribution in [1.82, 2.24) is 24.7 Å². The van der Waals surface area contributed by atoms with Gasteiger partial charge in [-0.15, -0.1) is 0 Å². The number of anilines is 2. The highest BCUT2D eigenvalue weighted by atomic mass is 16.5. The topological polar surface area (TPSA) is 117 Å². The first-order valence-electron chi connectivity index (χ1n) is 10.2. The second-order valence-corrected chi connectivity index (χ2v) is 7.26. The van der Waals surface area contributed by atoms with Crippen molar-refractivity contribution >= 4 is 17.4 Å². The Labute approximate surface area is 185 Å². The van der Waals surface area contributed by atoms with Crippen LogP contribution in [0.2, 0.25) is 0 Å². The number of methoxy groups -OCH3 is 3. The quantitative estimate of drug-likeness (QED) is 0.589. The zero-order chi connectivity index (χ0) is 22.5. The normalized spacial score (nSPS) is 15.8. The predicted octanol–water partition coefficient (Wildman–Crippen LogP) is 1.94. The molecule has 3 heterocycles. The van der Waals surface area contributed by atoms with Gasteiger partial charge in [0, 0.05) is 37.0 Å². The summed E-state index contributed by atoms with van der Waals surface area (Å²) in [4.78, 5) is 27.7. The first-order chi connectivity index (χ1) is 15.6. The third-order valence-electron chi connectivity index (χ3n) is 5.34. The minimum absolute atomic E-state index is 0.0745. The lowest BCUT2D eigenvalue weighted by Crippen LogP contribution is -2.41. The van der Waals surface area contributed by atoms with Crippen LogP contribution in [0.15, 0.2) is 37.2 Å². The summed E-state index contributed by atoms with van der Waals surface area (Å²) >= 11 is 0. The zero-order valence-corrected chi connectivity index (χ0v) is 18.2. The number of carbonyl (C=O) groups excluding carboxylic acids is 1. The number of piperidine rings is 1. The van der Waals surface area contributed by atoms with E-state index in [0.29, 0.717) is 35.3 Å². The highest BCUT2D eigenvalue weighted by molar-refractivity contribution is 5.93. The van der Waals surface area contributed by atoms with Crippen LogP contribution in [0.5, 0.6) is 17.2 Å². The van der Waals surface area contributed by atoms with Crippen LogP contribution in [0.1, 0.15) is 12.8 Å². The van der Waals surface area contributed by atoms with Crippen LogP contribution < -0.4 is 24.4 Å². The van der Waals surface area contributed by atoms with E-state index < -0.39 is 0 Å². The number of amides is 1. The van der Waals surface area contributed by atoms with Crippen molar-refractivity contribution in [1.29, 1.82) is 0 Å². The molecule has 0 saturated carbocycles. The van der Waals surface area contributed by atoms with Gasteiger partial charge in [0.15, 0.2) is 17.3 Å². The maximum Gasteiger partial charge on any atom is 0.229 e. The molecule has 1 unspecified atom stereocenters. The van der Waals surface area contributed by atoms with Crippen LogP contribution in [0.3, 0.4) is 0 Å². The first-order valence-corrected chi connectivity index (χ1v) is 10.2. The lowest BCUT2D eigenvalue weighted by atomic mass is 9.97. The Morgan fingerprint density at radius 3 is 2.44 bits per heavy atom. The largest absolute Gasteiger partial charge is 0.493 e. The van der Waals surface area contributed by atoms with Crippen LogP contribution in [0, 0.1) is 5.92 Å². The van der Waals surface area contributed by atoms with Crippen molar-refractivity contribution in [3.8, 4) is 23.1 Å². The fourth-order valence-electron chi connectivity index (χ4n) is 3.76. The van der Waals surface area contributed by atoms with E-state index in [4.69, 9.17) is 14.2 Å². The van der Waals surface area contributed by atoms with Gasteiger partial charge in [-0.3, -0.25) is 4.79 Å². The number of hydrogen-bond acceptors (Lipinski definition) is 9. The summed E-state index contributed by atoms with van der Waals surface area (Å²) in [5.41, 5.74) is 0.581. The molecule has 1 aliphatic rings. The van der Waals surface area contributed by atoms with Crippen LogP contribution >= 0.6 is 0 Å². The molecule has 1 fully saturated rings. The molecule has 2 aromatic heterocycles. The lowest BCUT2D eigenvalue weighted by molar-refractivity contribution is -0.120. The van der Waals surface area contributed by atoms with Crippen molar-refractivity contribution < 1.29 is 19.0 Å². The summed E-state index contributed by atoms with van der Waals surface area (Å²) < 4.78 is 17.7. The average molecular weight is 439 g/mol. The van der Waals surface area contributed by atoms with E-state index in [1.165, 1.54) is 34.0 Å². The molecule has 32 heavy (non-hydrogen) atoms. The van der Waals surface area contributed by atoms with Gasteiger partial charge in [0.1, 0.15) is 24.8 Å². The van der Waals surface area contributed by atoms with Crippen LogP contribution in [0.4, 0.5) is 11.5 Å². The zero-order valence-electron chi connectivity index (χ0n) is 18.2. The van der Waals surface area contributed by atoms with Crippen molar-refractivity contribution in [2.24, 2.45) is 5.92 Å². The standard InChI is InChI=1S/C21H25N7O4/c1-30-16-7-15(8-17(31-2)20(16)32-3)26-21(29)14-5-4-6-27(10-14)18-9-19(24-12-23-18)28-13-22-11-25-28/h7-9,11-14H,4-6,10H2,1-3H3,(H,26,29). The van der Waals surface area contributed by atoms with E-state index in [-0.39, 0.29) is 11.8 Å². The number of carbonyl (C=O) groups is 1. The molecule has 0 radical (unpaired) electrons. The second-order valence-electron chi connectivity index (χ2n) is 7.26. The lowest BCUT2D eigenvalue weighted by Gasteiger charge is -2.33. The van der Waals surface area contributed by atoms with Crippen molar-refractivity contribution in [3.05, 3.63) is 37.2 Å². The molecule has 168 valence electrons. The molecule has 1 aromatic carbocycles. The molecule has 1 N–H and O–H groups in total. The van der Waals surface area contributed by atoms with Gasteiger partial charge in [-0.2, -0.15) is 5.10 Å². The van der Waals surface area contributed by atoms with Crippen molar-refractivity contribution in [2.75, 3.05) is 44.6 Å². The van der Waals surface area contributed by atoms with E-state index in [9.17, 15) is 4.79 Å². The molecule has 0 bridgehead atoms. The van der Waals surface area contributed by atoms with Gasteiger partial charge in [0.05, 0.1) is 27.2 Å². The molecule has 0 spiro atoms. The molecule has 3 aromatic rings. The van der Waals surface area contributed by atoms with Gasteiger partial charge < -0.3 is 24.4 Å². The Morgan fingerprint density at radius 2 is 1.78 bits per heavy atom. The number of ether oxygens (including phenoxy) is 3. The molecular formula is C21H25N7O4. The summed E-state index contributed by atoms with van der Waals surface area (Å²) in [6, 6.07) is 5.28. The van der Waals surface area contributed by atoms with Gasteiger partial charge in [-0.25, -0.2) is 19.6 Å². The smallest absolute Gasteiger partial charge is 0.229 e. The maximum absolute atomic E-state index is 13.0. The molecule has 1 amide bonds. The molecule has 11 heteroatoms. The molecule has 4 rings (SSSR count). The molecule has 1 saturated heterocycles. The third-order valence-corrected chi connectivity index (χ3v) is 5.34. The summed E-state index contributed by atoms with van der Waals surface area (Å²) in [6.07, 6.45) is 6.18. The predicted molar refractivity (Wildman–Crippen MR) is 117 cm³/mol. The second kappa shape index (κ2) is 9.50. The summed E-state index contributed by atoms with van der Waals surface area (Å²) in [6.45, 7) is 1.35. The Hall–Kier alpha value is -3.89. The number of benzene rings is 1. The van der Waals surface area contributed by atoms with Crippen LogP contribution in [0.25, 0.3) is 5.82 Å². The molecule has 1 atom stereocenters. The van der Waals surface area contributed by atoms with Gasteiger partial charge in [0.2, 0.25) is 11.7 Å². The Kier molecular flexibility index (Phi) is 6.34. The van der Waals surface area contributed by atoms with Crippen LogP contribution in [-0.4, -0.2) is 65.1 Å². The summed E-state index contributed by atoms with van der Waals surface area (Å²) in [5, 5.41) is 7.09. The van der Waals surface area contributed by atoms with Crippen molar-refractivity contribution in [3.63, 3.8) is 0 Å². The van der Waals surface area contributed by atoms with E-state index in [1.807, 2.05) is 6.07 Å². The van der Waals surface area contributed by atoms with E-state index in [0.717, 1.165) is 25.2 Å². The fraction of sp³-hybridized carbons (Fsp3) is 0.381. The summed E-state index contributed by atoms with van der Waals surface area (Å²) in [5.74, 6) is 2.53. The van der Waals surface area contributed by atoms with E-state index >= 15 is 0 Å². The van der Waals surface area contributed by atoms with E-state index in [1.54, 1.807) is 23.1 Å². The monoisotopic (exact) mass is 439 g/mol. The molecular weight excluding hydrogens is 414 g/mol. The van der Waals surface area contributed by atoms with Gasteiger partial charge in [-0.05, 0) is 12.8 Å². The number of aromatic nitrogens is 5. The van der Waals surface area contributed by atoms with Crippen molar-refractivity contribution in [2.45, 2.75) is 12.8 Å². The van der Waals surface area contributed by atoms with Crippen LogP contribution in [-0.2, 0) is 4.79 Å². The Balaban J connectivity index is 1.48. The third kappa shape index (κ3) is 4.41. The molecule has 1 aliphatic heterocycles. The number of nitrogens with zero attached hydrogens (tertiary/aromatic N) is 6. The first kappa shape index (κ1) is 21.3. The number of hydrogen-bond donors (Lipinski definition) is 1. The van der Waals surface area contributed by atoms with E-state index in [2.05, 4.69) is 30.3 Å². The Morgan fingerprint density at radius 1 is 1.03 bits per heavy atom. The summed E-state index contributed by atoms with van der Waals surface area (Å²) in [7, 11) is 4.62. The number of rotatable bonds is 7. The minimum Gasteiger partial charge on any atom is -0.493 e. The molecule has 0 aliphatic carbocycles. The highest BCUT2D eigenvalue weighted by Gasteiger charge is 2.27. The maximum atomic E-state index is 13.0. The van der Waals surface area contributed by atoms with Gasteiger partial charge >= 0.3 is 0 Å².